The number of sulfone groups is 1. The van der Waals surface area contributed by atoms with E-state index in [1.165, 1.54) is 29.8 Å². The number of hydrogen-bond acceptors (Lipinski definition) is 6. The van der Waals surface area contributed by atoms with Crippen molar-refractivity contribution in [3.63, 3.8) is 0 Å². The largest absolute Gasteiger partial charge is 0.366 e. The van der Waals surface area contributed by atoms with Crippen LogP contribution in [0.15, 0.2) is 62.1 Å². The number of rotatable bonds is 3. The molecule has 2 atom stereocenters. The predicted octanol–water partition coefficient (Wildman–Crippen LogP) is 2.98. The Labute approximate surface area is 167 Å². The van der Waals surface area contributed by atoms with Gasteiger partial charge in [0.1, 0.15) is 0 Å². The van der Waals surface area contributed by atoms with E-state index in [0.29, 0.717) is 16.9 Å². The van der Waals surface area contributed by atoms with Crippen LogP contribution < -0.4 is 0 Å². The van der Waals surface area contributed by atoms with Gasteiger partial charge >= 0.3 is 0 Å². The lowest BCUT2D eigenvalue weighted by atomic mass is 10.0. The minimum absolute atomic E-state index is 0.0967. The van der Waals surface area contributed by atoms with E-state index in [4.69, 9.17) is 0 Å². The Morgan fingerprint density at radius 2 is 2.00 bits per heavy atom. The van der Waals surface area contributed by atoms with Crippen LogP contribution >= 0.6 is 23.5 Å². The van der Waals surface area contributed by atoms with E-state index < -0.39 is 15.6 Å². The molecule has 0 saturated carbocycles. The average Bonchev–Trinajstić information content (AvgIpc) is 3.03. The van der Waals surface area contributed by atoms with Gasteiger partial charge in [-0.05, 0) is 36.2 Å². The molecule has 0 spiro atoms. The van der Waals surface area contributed by atoms with Gasteiger partial charge in [0.25, 0.3) is 0 Å². The van der Waals surface area contributed by atoms with Gasteiger partial charge in [-0.1, -0.05) is 41.7 Å². The number of fused-ring (bicyclic) bond motifs is 3. The van der Waals surface area contributed by atoms with Gasteiger partial charge < -0.3 is 10.0 Å². The van der Waals surface area contributed by atoms with Gasteiger partial charge in [-0.2, -0.15) is 0 Å². The van der Waals surface area contributed by atoms with Gasteiger partial charge in [0.05, 0.1) is 10.1 Å². The predicted molar refractivity (Wildman–Crippen MR) is 110 cm³/mol. The van der Waals surface area contributed by atoms with Crippen molar-refractivity contribution in [3.05, 3.63) is 53.6 Å². The van der Waals surface area contributed by atoms with Crippen molar-refractivity contribution in [2.45, 2.75) is 32.1 Å². The summed E-state index contributed by atoms with van der Waals surface area (Å²) >= 11 is 2.97. The van der Waals surface area contributed by atoms with E-state index >= 15 is 0 Å². The fourth-order valence-corrected chi connectivity index (χ4v) is 7.30. The first-order valence-corrected chi connectivity index (χ1v) is 12.0. The summed E-state index contributed by atoms with van der Waals surface area (Å²) in [4.78, 5) is 7.92. The van der Waals surface area contributed by atoms with Gasteiger partial charge in [0.2, 0.25) is 0 Å². The number of aliphatic imine (C=N–C) groups is 1. The molecular weight excluding hydrogens is 400 g/mol. The molecule has 0 aromatic heterocycles. The van der Waals surface area contributed by atoms with Crippen LogP contribution in [0.5, 0.6) is 0 Å². The molecule has 1 N–H and O–H groups in total. The summed E-state index contributed by atoms with van der Waals surface area (Å²) in [6, 6.07) is 13.3. The van der Waals surface area contributed by atoms with E-state index in [1.807, 2.05) is 36.4 Å². The summed E-state index contributed by atoms with van der Waals surface area (Å²) in [6.45, 7) is 0. The monoisotopic (exact) mass is 420 g/mol. The molecule has 1 saturated heterocycles. The highest BCUT2D eigenvalue weighted by atomic mass is 32.2. The Bertz CT molecular complexity index is 1040. The van der Waals surface area contributed by atoms with Crippen LogP contribution in [0.2, 0.25) is 0 Å². The Morgan fingerprint density at radius 3 is 2.63 bits per heavy atom. The standard InChI is InChI=1S/C19H20N2O3S3/c1-20-18-21(2)19(22)14-11-16(27(3,23)24)15(9-12(14)10-17(19)26-18)25-13-7-5-4-6-8-13/h4-9,11,17,22H,10H2,1-3H3/b20-18-. The Morgan fingerprint density at radius 1 is 1.30 bits per heavy atom. The Kier molecular flexibility index (Phi) is 4.57. The first kappa shape index (κ1) is 18.9. The average molecular weight is 421 g/mol. The smallest absolute Gasteiger partial charge is 0.178 e. The zero-order chi connectivity index (χ0) is 19.4. The van der Waals surface area contributed by atoms with E-state index in [9.17, 15) is 13.5 Å². The first-order valence-electron chi connectivity index (χ1n) is 8.45. The molecular formula is C19H20N2O3S3. The molecule has 1 aliphatic carbocycles. The summed E-state index contributed by atoms with van der Waals surface area (Å²) in [7, 11) is 0.0481. The molecule has 1 fully saturated rings. The normalized spacial score (nSPS) is 25.7. The lowest BCUT2D eigenvalue weighted by Gasteiger charge is -2.32. The van der Waals surface area contributed by atoms with Crippen molar-refractivity contribution in [2.24, 2.45) is 4.99 Å². The van der Waals surface area contributed by atoms with Crippen LogP contribution in [-0.4, -0.2) is 49.2 Å². The van der Waals surface area contributed by atoms with Gasteiger partial charge in [-0.25, -0.2) is 8.42 Å². The van der Waals surface area contributed by atoms with E-state index in [0.717, 1.165) is 15.6 Å². The second-order valence-corrected chi connectivity index (χ2v) is 11.0. The molecule has 0 amide bonds. The second kappa shape index (κ2) is 6.55. The van der Waals surface area contributed by atoms with Crippen molar-refractivity contribution in [2.75, 3.05) is 20.4 Å². The van der Waals surface area contributed by atoms with Crippen molar-refractivity contribution in [1.82, 2.24) is 4.90 Å². The summed E-state index contributed by atoms with van der Waals surface area (Å²) in [5.41, 5.74) is 0.423. The molecule has 142 valence electrons. The minimum atomic E-state index is -3.45. The zero-order valence-corrected chi connectivity index (χ0v) is 17.7. The number of benzene rings is 2. The lowest BCUT2D eigenvalue weighted by Crippen LogP contribution is -2.44. The van der Waals surface area contributed by atoms with Crippen LogP contribution in [0.3, 0.4) is 0 Å². The van der Waals surface area contributed by atoms with E-state index in [1.54, 1.807) is 25.1 Å². The molecule has 1 aliphatic heterocycles. The molecule has 2 aromatic rings. The van der Waals surface area contributed by atoms with Gasteiger partial charge in [0.15, 0.2) is 20.7 Å². The molecule has 4 rings (SSSR count). The fourth-order valence-electron chi connectivity index (χ4n) is 3.69. The third kappa shape index (κ3) is 2.99. The highest BCUT2D eigenvalue weighted by molar-refractivity contribution is 8.14. The van der Waals surface area contributed by atoms with Crippen molar-refractivity contribution < 1.29 is 13.5 Å². The van der Waals surface area contributed by atoms with E-state index in [-0.39, 0.29) is 10.1 Å². The van der Waals surface area contributed by atoms with Crippen LogP contribution in [0.25, 0.3) is 0 Å². The SMILES string of the molecule is C/N=C1\SC2Cc3cc(Sc4ccccc4)c(S(C)(=O)=O)cc3C2(O)N1C. The number of aliphatic hydroxyl groups is 1. The molecule has 2 aromatic carbocycles. The van der Waals surface area contributed by atoms with Crippen LogP contribution in [0.1, 0.15) is 11.1 Å². The van der Waals surface area contributed by atoms with Gasteiger partial charge in [-0.3, -0.25) is 4.99 Å². The molecule has 0 radical (unpaired) electrons. The maximum absolute atomic E-state index is 12.5. The lowest BCUT2D eigenvalue weighted by molar-refractivity contribution is -0.0498. The van der Waals surface area contributed by atoms with Gasteiger partial charge in [-0.15, -0.1) is 0 Å². The Hall–Kier alpha value is -1.48. The molecule has 1 heterocycles. The molecule has 2 aliphatic rings. The van der Waals surface area contributed by atoms with Crippen molar-refractivity contribution in [3.8, 4) is 0 Å². The summed E-state index contributed by atoms with van der Waals surface area (Å²) in [6.07, 6.45) is 1.89. The fraction of sp³-hybridized carbons (Fsp3) is 0.316. The molecule has 8 heteroatoms. The molecule has 0 bridgehead atoms. The second-order valence-electron chi connectivity index (χ2n) is 6.75. The van der Waals surface area contributed by atoms with Crippen molar-refractivity contribution >= 4 is 38.5 Å². The number of amidine groups is 1. The van der Waals surface area contributed by atoms with Crippen LogP contribution in [0, 0.1) is 0 Å². The summed E-state index contributed by atoms with van der Waals surface area (Å²) in [5.74, 6) is 0. The highest BCUT2D eigenvalue weighted by Crippen LogP contribution is 2.53. The van der Waals surface area contributed by atoms with Crippen LogP contribution in [0.4, 0.5) is 0 Å². The maximum atomic E-state index is 12.5. The number of hydrogen-bond donors (Lipinski definition) is 1. The Balaban J connectivity index is 1.86. The van der Waals surface area contributed by atoms with E-state index in [2.05, 4.69) is 4.99 Å². The summed E-state index contributed by atoms with van der Waals surface area (Å²) in [5, 5.41) is 12.1. The third-order valence-electron chi connectivity index (χ3n) is 5.03. The molecule has 27 heavy (non-hydrogen) atoms. The summed E-state index contributed by atoms with van der Waals surface area (Å²) < 4.78 is 25.0. The first-order chi connectivity index (χ1) is 12.7. The number of thioether (sulfide) groups is 1. The minimum Gasteiger partial charge on any atom is -0.366 e. The maximum Gasteiger partial charge on any atom is 0.178 e. The molecule has 5 nitrogen and oxygen atoms in total. The van der Waals surface area contributed by atoms with Gasteiger partial charge in [0, 0.05) is 35.7 Å². The quantitative estimate of drug-likeness (QED) is 0.823. The third-order valence-corrected chi connectivity index (χ3v) is 8.81. The highest BCUT2D eigenvalue weighted by Gasteiger charge is 2.56. The van der Waals surface area contributed by atoms with Crippen LogP contribution in [-0.2, 0) is 22.0 Å². The van der Waals surface area contributed by atoms with Crippen molar-refractivity contribution in [1.29, 1.82) is 0 Å². The molecule has 2 unspecified atom stereocenters. The zero-order valence-electron chi connectivity index (χ0n) is 15.2. The number of nitrogens with zero attached hydrogens (tertiary/aromatic N) is 2. The topological polar surface area (TPSA) is 70.0 Å².